The Bertz CT molecular complexity index is 2160. The van der Waals surface area contributed by atoms with Gasteiger partial charge in [-0.25, -0.2) is 0 Å². The number of unbranched alkanes of at least 4 members (excludes halogenated alkanes) is 1. The Kier molecular flexibility index (Phi) is 32.1. The molecule has 1 aliphatic rings. The summed E-state index contributed by atoms with van der Waals surface area (Å²) in [5.41, 5.74) is 16.7. The van der Waals surface area contributed by atoms with Crippen molar-refractivity contribution < 1.29 is 62.6 Å². The zero-order valence-electron chi connectivity index (χ0n) is 48.7. The number of aliphatic hydroxyl groups is 1. The van der Waals surface area contributed by atoms with Crippen molar-refractivity contribution in [2.75, 3.05) is 39.8 Å². The number of rotatable bonds is 36. The van der Waals surface area contributed by atoms with E-state index in [1.807, 2.05) is 0 Å². The molecule has 0 unspecified atom stereocenters. The first-order valence-electron chi connectivity index (χ1n) is 27.7. The van der Waals surface area contributed by atoms with E-state index in [9.17, 15) is 62.6 Å². The zero-order chi connectivity index (χ0) is 61.0. The average molecular weight is 1140 g/mol. The highest BCUT2D eigenvalue weighted by molar-refractivity contribution is 5.99. The minimum Gasteiger partial charge on any atom is -0.391 e. The van der Waals surface area contributed by atoms with Crippen molar-refractivity contribution in [1.29, 1.82) is 0 Å². The zero-order valence-corrected chi connectivity index (χ0v) is 48.7. The Morgan fingerprint density at radius 1 is 0.625 bits per heavy atom. The number of primary amides is 1. The molecule has 28 heteroatoms. The molecule has 1 fully saturated rings. The number of guanidine groups is 1. The van der Waals surface area contributed by atoms with Crippen LogP contribution in [-0.2, 0) is 57.5 Å². The van der Waals surface area contributed by atoms with E-state index in [4.69, 9.17) is 17.2 Å². The van der Waals surface area contributed by atoms with Crippen molar-refractivity contribution in [2.45, 2.75) is 194 Å². The molecule has 0 aromatic heterocycles. The van der Waals surface area contributed by atoms with Gasteiger partial charge in [0, 0.05) is 40.5 Å². The number of hydrogen-bond acceptors (Lipinski definition) is 14. The quantitative estimate of drug-likeness (QED) is 0.0166. The number of carbonyl (C=O) groups is 12. The number of aliphatic hydroxyl groups excluding tert-OH is 1. The Labute approximate surface area is 469 Å². The summed E-state index contributed by atoms with van der Waals surface area (Å²) >= 11 is 0. The van der Waals surface area contributed by atoms with Crippen LogP contribution in [-0.4, -0.2) is 186 Å². The molecule has 454 valence electrons. The number of nitrogens with one attached hydrogen (secondary N) is 9. The Balaban J connectivity index is 3.37. The van der Waals surface area contributed by atoms with E-state index < -0.39 is 138 Å². The van der Waals surface area contributed by atoms with Crippen molar-refractivity contribution >= 4 is 76.8 Å². The lowest BCUT2D eigenvalue weighted by atomic mass is 9.95. The van der Waals surface area contributed by atoms with Crippen LogP contribution in [0.15, 0.2) is 4.99 Å². The summed E-state index contributed by atoms with van der Waals surface area (Å²) in [6.07, 6.45) is 1.63. The van der Waals surface area contributed by atoms with Gasteiger partial charge in [-0.3, -0.25) is 62.5 Å². The third-order valence-corrected chi connectivity index (χ3v) is 13.8. The molecule has 0 spiro atoms. The lowest BCUT2D eigenvalue weighted by Gasteiger charge is -2.32. The molecule has 16 N–H and O–H groups in total. The fourth-order valence-electron chi connectivity index (χ4n) is 8.51. The van der Waals surface area contributed by atoms with E-state index >= 15 is 0 Å². The van der Waals surface area contributed by atoms with Crippen LogP contribution in [0.2, 0.25) is 0 Å². The second-order valence-corrected chi connectivity index (χ2v) is 20.9. The van der Waals surface area contributed by atoms with Crippen LogP contribution in [0.3, 0.4) is 0 Å². The van der Waals surface area contributed by atoms with Gasteiger partial charge in [-0.15, -0.1) is 0 Å². The van der Waals surface area contributed by atoms with E-state index in [1.54, 1.807) is 48.5 Å². The molecular formula is C52H93N15O13. The van der Waals surface area contributed by atoms with Gasteiger partial charge in [0.2, 0.25) is 70.9 Å². The van der Waals surface area contributed by atoms with Gasteiger partial charge >= 0.3 is 0 Å². The maximum atomic E-state index is 14.4. The standard InChI is InChI=1S/C52H93N15O13/c1-12-19-35(60-50(79)43(31(8)68)65-49(78)42(30(7)14-3)64-47(76)40(28(4)5)62-38(71)26-58-39(72)27-66(11)33(10)70)45(74)63-41(29(6)13-2)48(77)61-36(21-17-24-57-52(54)55)51(80)67-25-18-22-37(67)46(75)59-34(44(53)73)20-15-16-23-56-32(9)69/h28-31,34-37,40-43,68H,12-27H2,1-11H3,(H2,53,73)(H,56,69)(H,58,72)(H,59,75)(H,60,79)(H,61,77)(H,62,71)(H,63,74)(H,64,76)(H,65,78)(H4,54,55,57)/t29-,30-,31+,34+,35-,36-,37-,40-,41-,42+,43-/m0/s1. The number of hydrogen-bond donors (Lipinski definition) is 13. The van der Waals surface area contributed by atoms with Crippen molar-refractivity contribution in [2.24, 2.45) is 39.9 Å². The van der Waals surface area contributed by atoms with Crippen molar-refractivity contribution in [3.05, 3.63) is 0 Å². The van der Waals surface area contributed by atoms with Gasteiger partial charge in [-0.1, -0.05) is 67.7 Å². The number of nitrogens with two attached hydrogens (primary N) is 3. The van der Waals surface area contributed by atoms with Crippen molar-refractivity contribution in [3.63, 3.8) is 0 Å². The lowest BCUT2D eigenvalue weighted by molar-refractivity contribution is -0.143. The summed E-state index contributed by atoms with van der Waals surface area (Å²) in [6.45, 7) is 15.6. The fraction of sp³-hybridized carbons (Fsp3) is 0.750. The second-order valence-electron chi connectivity index (χ2n) is 20.9. The molecule has 11 atom stereocenters. The minimum atomic E-state index is -1.66. The third-order valence-electron chi connectivity index (χ3n) is 13.8. The van der Waals surface area contributed by atoms with Gasteiger partial charge in [0.15, 0.2) is 5.96 Å². The highest BCUT2D eigenvalue weighted by Crippen LogP contribution is 2.21. The number of nitrogens with zero attached hydrogens (tertiary/aromatic N) is 3. The normalized spacial score (nSPS) is 16.7. The summed E-state index contributed by atoms with van der Waals surface area (Å²) in [6, 6.07) is -10.0. The summed E-state index contributed by atoms with van der Waals surface area (Å²) < 4.78 is 0. The maximum absolute atomic E-state index is 14.4. The molecular weight excluding hydrogens is 1040 g/mol. The molecule has 0 aromatic carbocycles. The Hall–Kier alpha value is -7.13. The smallest absolute Gasteiger partial charge is 0.245 e. The molecule has 1 saturated heterocycles. The predicted molar refractivity (Wildman–Crippen MR) is 297 cm³/mol. The largest absolute Gasteiger partial charge is 0.391 e. The van der Waals surface area contributed by atoms with Crippen LogP contribution in [0.5, 0.6) is 0 Å². The monoisotopic (exact) mass is 1140 g/mol. The lowest BCUT2D eigenvalue weighted by Crippen LogP contribution is -2.63. The van der Waals surface area contributed by atoms with Crippen LogP contribution in [0.1, 0.15) is 140 Å². The molecule has 1 aliphatic heterocycles. The van der Waals surface area contributed by atoms with E-state index in [2.05, 4.69) is 52.8 Å². The second kappa shape index (κ2) is 36.2. The maximum Gasteiger partial charge on any atom is 0.245 e. The van der Waals surface area contributed by atoms with Gasteiger partial charge in [0.05, 0.1) is 19.2 Å². The molecule has 1 heterocycles. The molecule has 80 heavy (non-hydrogen) atoms. The first-order chi connectivity index (χ1) is 37.5. The molecule has 0 saturated carbocycles. The van der Waals surface area contributed by atoms with Gasteiger partial charge in [0.1, 0.15) is 48.3 Å². The number of aliphatic imine (C=N–C) groups is 1. The van der Waals surface area contributed by atoms with Crippen molar-refractivity contribution in [3.8, 4) is 0 Å². The van der Waals surface area contributed by atoms with E-state index in [1.165, 1.54) is 32.7 Å². The van der Waals surface area contributed by atoms with E-state index in [-0.39, 0.29) is 69.5 Å². The number of likely N-dealkylation sites (tertiary alicyclic amines) is 1. The van der Waals surface area contributed by atoms with Crippen LogP contribution in [0, 0.1) is 17.8 Å². The molecule has 28 nitrogen and oxygen atoms in total. The summed E-state index contributed by atoms with van der Waals surface area (Å²) in [4.78, 5) is 165. The molecule has 1 rings (SSSR count). The van der Waals surface area contributed by atoms with E-state index in [0.717, 1.165) is 4.90 Å². The van der Waals surface area contributed by atoms with Crippen LogP contribution >= 0.6 is 0 Å². The van der Waals surface area contributed by atoms with Crippen molar-refractivity contribution in [1.82, 2.24) is 57.7 Å². The molecule has 0 bridgehead atoms. The van der Waals surface area contributed by atoms with Crippen LogP contribution in [0.4, 0.5) is 0 Å². The predicted octanol–water partition coefficient (Wildman–Crippen LogP) is -3.26. The fourth-order valence-corrected chi connectivity index (χ4v) is 8.51. The third kappa shape index (κ3) is 24.9. The summed E-state index contributed by atoms with van der Waals surface area (Å²) in [5.74, 6) is -9.82. The number of amides is 12. The molecule has 0 aliphatic carbocycles. The van der Waals surface area contributed by atoms with Crippen LogP contribution < -0.4 is 65.1 Å². The van der Waals surface area contributed by atoms with Gasteiger partial charge in [-0.2, -0.15) is 0 Å². The molecule has 0 aromatic rings. The SMILES string of the molecule is CCC[C@H](NC(=O)[C@@H](NC(=O)[C@H](NC(=O)[C@@H](NC(=O)CNC(=O)CN(C)C(C)=O)C(C)C)[C@@H](C)CC)[C@@H](C)O)C(=O)N[C@H](C(=O)N[C@@H](CCCN=C(N)N)C(=O)N1CCC[C@H]1C(=O)N[C@H](CCCCNC(C)=O)C(N)=O)[C@@H](C)CC. The highest BCUT2D eigenvalue weighted by atomic mass is 16.3. The molecule has 12 amide bonds. The number of likely N-dealkylation sites (N-methyl/N-ethyl adjacent to an activating group) is 1. The Morgan fingerprint density at radius 2 is 1.16 bits per heavy atom. The average Bonchev–Trinajstić information content (AvgIpc) is 3.89. The highest BCUT2D eigenvalue weighted by Gasteiger charge is 2.41. The summed E-state index contributed by atoms with van der Waals surface area (Å²) in [7, 11) is 1.41. The van der Waals surface area contributed by atoms with Crippen LogP contribution in [0.25, 0.3) is 0 Å². The summed E-state index contributed by atoms with van der Waals surface area (Å²) in [5, 5.41) is 34.4. The first kappa shape index (κ1) is 70.9. The van der Waals surface area contributed by atoms with Gasteiger partial charge in [-0.05, 0) is 76.0 Å². The van der Waals surface area contributed by atoms with Gasteiger partial charge < -0.3 is 80.0 Å². The molecule has 0 radical (unpaired) electrons. The minimum absolute atomic E-state index is 0.00692. The first-order valence-corrected chi connectivity index (χ1v) is 27.7. The number of carbonyl (C=O) groups excluding carboxylic acids is 12. The van der Waals surface area contributed by atoms with E-state index in [0.29, 0.717) is 45.1 Å². The Morgan fingerprint density at radius 3 is 1.69 bits per heavy atom. The van der Waals surface area contributed by atoms with Gasteiger partial charge in [0.25, 0.3) is 0 Å². The topological polar surface area (TPSA) is 430 Å².